The van der Waals surface area contributed by atoms with Crippen molar-refractivity contribution in [3.8, 4) is 0 Å². The quantitative estimate of drug-likeness (QED) is 0.803. The molecular formula is C16H17B2N3. The molecule has 1 aliphatic heterocycles. The maximum absolute atomic E-state index is 6.27. The molecule has 4 radical (unpaired) electrons. The van der Waals surface area contributed by atoms with E-state index < -0.39 is 5.21 Å². The first-order valence-electron chi connectivity index (χ1n) is 7.67. The van der Waals surface area contributed by atoms with Gasteiger partial charge < -0.3 is 0 Å². The van der Waals surface area contributed by atoms with Gasteiger partial charge in [-0.15, -0.1) is 0 Å². The molecule has 0 saturated heterocycles. The fourth-order valence-electron chi connectivity index (χ4n) is 3.32. The number of aromatic nitrogens is 3. The van der Waals surface area contributed by atoms with Crippen molar-refractivity contribution in [1.29, 1.82) is 0 Å². The Labute approximate surface area is 128 Å². The fraction of sp³-hybridized carbons (Fsp3) is 0.500. The number of fused-ring (bicyclic) bond motifs is 1. The highest BCUT2D eigenvalue weighted by molar-refractivity contribution is 6.40. The lowest BCUT2D eigenvalue weighted by Crippen LogP contribution is -2.31. The molecule has 3 nitrogen and oxygen atoms in total. The smallest absolute Gasteiger partial charge is 0.140 e. The third-order valence-corrected chi connectivity index (χ3v) is 4.79. The van der Waals surface area contributed by atoms with Gasteiger partial charge in [0.25, 0.3) is 0 Å². The maximum atomic E-state index is 6.27. The Morgan fingerprint density at radius 2 is 1.90 bits per heavy atom. The van der Waals surface area contributed by atoms with Crippen LogP contribution in [0.2, 0.25) is 0 Å². The number of rotatable bonds is 3. The van der Waals surface area contributed by atoms with E-state index >= 15 is 0 Å². The van der Waals surface area contributed by atoms with E-state index in [4.69, 9.17) is 15.7 Å². The molecule has 2 aliphatic rings. The summed E-state index contributed by atoms with van der Waals surface area (Å²) in [5, 5.41) is 3.81. The summed E-state index contributed by atoms with van der Waals surface area (Å²) in [6, 6.07) is 10.7. The molecule has 2 aromatic rings. The molecule has 0 bridgehead atoms. The highest BCUT2D eigenvalue weighted by Crippen LogP contribution is 2.44. The number of benzene rings is 1. The minimum Gasteiger partial charge on any atom is -0.242 e. The van der Waals surface area contributed by atoms with Gasteiger partial charge in [-0.3, -0.25) is 0 Å². The van der Waals surface area contributed by atoms with Crippen molar-refractivity contribution >= 4 is 15.7 Å². The van der Waals surface area contributed by atoms with Crippen molar-refractivity contribution in [2.45, 2.75) is 43.4 Å². The lowest BCUT2D eigenvalue weighted by molar-refractivity contribution is 0.527. The predicted octanol–water partition coefficient (Wildman–Crippen LogP) is 2.27. The van der Waals surface area contributed by atoms with E-state index in [1.165, 1.54) is 5.56 Å². The lowest BCUT2D eigenvalue weighted by Gasteiger charge is -2.22. The molecule has 1 fully saturated rings. The zero-order valence-corrected chi connectivity index (χ0v) is 12.2. The van der Waals surface area contributed by atoms with Gasteiger partial charge in [0, 0.05) is 5.92 Å². The SMILES string of the molecule is [B]C([B])(c1nc2n(n1)C(c1ccccc1)CC2C)C1CC1. The summed E-state index contributed by atoms with van der Waals surface area (Å²) >= 11 is 0. The minimum atomic E-state index is -0.877. The van der Waals surface area contributed by atoms with Gasteiger partial charge in [-0.25, -0.2) is 9.67 Å². The van der Waals surface area contributed by atoms with Crippen LogP contribution in [0.25, 0.3) is 0 Å². The first-order valence-corrected chi connectivity index (χ1v) is 7.67. The normalized spacial score (nSPS) is 25.0. The minimum absolute atomic E-state index is 0.243. The van der Waals surface area contributed by atoms with Crippen LogP contribution in [0, 0.1) is 5.92 Å². The van der Waals surface area contributed by atoms with Crippen LogP contribution in [0.4, 0.5) is 0 Å². The molecule has 1 aromatic heterocycles. The Balaban J connectivity index is 1.74. The number of hydrogen-bond acceptors (Lipinski definition) is 2. The Hall–Kier alpha value is -1.51. The van der Waals surface area contributed by atoms with Crippen molar-refractivity contribution < 1.29 is 0 Å². The second-order valence-corrected chi connectivity index (χ2v) is 6.51. The van der Waals surface area contributed by atoms with Gasteiger partial charge in [0.2, 0.25) is 0 Å². The molecule has 21 heavy (non-hydrogen) atoms. The summed E-state index contributed by atoms with van der Waals surface area (Å²) in [5.74, 6) is 2.32. The van der Waals surface area contributed by atoms with Gasteiger partial charge >= 0.3 is 0 Å². The molecule has 102 valence electrons. The molecule has 1 aromatic carbocycles. The van der Waals surface area contributed by atoms with E-state index in [9.17, 15) is 0 Å². The average molecular weight is 273 g/mol. The second-order valence-electron chi connectivity index (χ2n) is 6.51. The van der Waals surface area contributed by atoms with Gasteiger partial charge in [-0.05, 0) is 23.1 Å². The lowest BCUT2D eigenvalue weighted by atomic mass is 9.51. The molecule has 4 rings (SSSR count). The van der Waals surface area contributed by atoms with Crippen LogP contribution in [-0.2, 0) is 5.21 Å². The van der Waals surface area contributed by atoms with Crippen molar-refractivity contribution in [3.63, 3.8) is 0 Å². The monoisotopic (exact) mass is 273 g/mol. The van der Waals surface area contributed by atoms with Gasteiger partial charge in [0.05, 0.1) is 21.7 Å². The second kappa shape index (κ2) is 4.49. The predicted molar refractivity (Wildman–Crippen MR) is 83.5 cm³/mol. The topological polar surface area (TPSA) is 30.7 Å². The molecule has 5 heteroatoms. The van der Waals surface area contributed by atoms with Crippen LogP contribution in [0.1, 0.15) is 55.4 Å². The zero-order valence-electron chi connectivity index (χ0n) is 12.2. The van der Waals surface area contributed by atoms with E-state index in [0.717, 1.165) is 25.1 Å². The van der Waals surface area contributed by atoms with Crippen LogP contribution in [0.3, 0.4) is 0 Å². The van der Waals surface area contributed by atoms with E-state index in [0.29, 0.717) is 17.7 Å². The van der Waals surface area contributed by atoms with Gasteiger partial charge in [0.1, 0.15) is 11.6 Å². The summed E-state index contributed by atoms with van der Waals surface area (Å²) in [6.07, 6.45) is 3.19. The van der Waals surface area contributed by atoms with Crippen LogP contribution < -0.4 is 0 Å². The van der Waals surface area contributed by atoms with E-state index in [2.05, 4.69) is 41.3 Å². The molecule has 0 spiro atoms. The summed E-state index contributed by atoms with van der Waals surface area (Å²) in [4.78, 5) is 4.68. The van der Waals surface area contributed by atoms with Crippen molar-refractivity contribution in [2.24, 2.45) is 5.92 Å². The largest absolute Gasteiger partial charge is 0.242 e. The average Bonchev–Trinajstić information content (AvgIpc) is 3.17. The molecule has 1 saturated carbocycles. The summed E-state index contributed by atoms with van der Waals surface area (Å²) in [5.41, 5.74) is 1.27. The maximum Gasteiger partial charge on any atom is 0.140 e. The molecule has 2 atom stereocenters. The Morgan fingerprint density at radius 3 is 2.57 bits per heavy atom. The van der Waals surface area contributed by atoms with Crippen molar-refractivity contribution in [3.05, 3.63) is 47.5 Å². The Bertz CT molecular complexity index is 661. The summed E-state index contributed by atoms with van der Waals surface area (Å²) < 4.78 is 2.03. The standard InChI is InChI=1S/C16H17B2N3/c1-10-9-13(11-5-3-2-4-6-11)21-14(10)19-15(20-21)16(17,18)12-7-8-12/h2-6,10,12-13H,7-9H2,1H3. The first-order chi connectivity index (χ1) is 10.1. The summed E-state index contributed by atoms with van der Waals surface area (Å²) in [6.45, 7) is 2.19. The van der Waals surface area contributed by atoms with Gasteiger partial charge in [-0.2, -0.15) is 5.10 Å². The van der Waals surface area contributed by atoms with Crippen molar-refractivity contribution in [1.82, 2.24) is 14.8 Å². The highest BCUT2D eigenvalue weighted by Gasteiger charge is 2.42. The highest BCUT2D eigenvalue weighted by atomic mass is 15.4. The molecule has 0 amide bonds. The third kappa shape index (κ3) is 2.05. The number of hydrogen-bond donors (Lipinski definition) is 0. The van der Waals surface area contributed by atoms with E-state index in [1.807, 2.05) is 10.7 Å². The molecule has 2 unspecified atom stereocenters. The van der Waals surface area contributed by atoms with Crippen LogP contribution >= 0.6 is 0 Å². The Kier molecular flexibility index (Phi) is 2.82. The fourth-order valence-corrected chi connectivity index (χ4v) is 3.32. The van der Waals surface area contributed by atoms with Gasteiger partial charge in [0.15, 0.2) is 0 Å². The molecular weight excluding hydrogens is 256 g/mol. The van der Waals surface area contributed by atoms with E-state index in [-0.39, 0.29) is 6.04 Å². The van der Waals surface area contributed by atoms with Crippen LogP contribution in [0.5, 0.6) is 0 Å². The van der Waals surface area contributed by atoms with Crippen LogP contribution in [-0.4, -0.2) is 30.5 Å². The zero-order chi connectivity index (χ0) is 14.6. The molecule has 1 aliphatic carbocycles. The van der Waals surface area contributed by atoms with Crippen molar-refractivity contribution in [2.75, 3.05) is 0 Å². The van der Waals surface area contributed by atoms with Gasteiger partial charge in [-0.1, -0.05) is 50.1 Å². The number of nitrogens with zero attached hydrogens (tertiary/aromatic N) is 3. The summed E-state index contributed by atoms with van der Waals surface area (Å²) in [7, 11) is 12.5. The first kappa shape index (κ1) is 13.2. The van der Waals surface area contributed by atoms with Crippen LogP contribution in [0.15, 0.2) is 30.3 Å². The Morgan fingerprint density at radius 1 is 1.19 bits per heavy atom. The van der Waals surface area contributed by atoms with E-state index in [1.54, 1.807) is 0 Å². The third-order valence-electron chi connectivity index (χ3n) is 4.79. The molecule has 0 N–H and O–H groups in total. The molecule has 2 heterocycles.